The van der Waals surface area contributed by atoms with Crippen LogP contribution in [0.25, 0.3) is 0 Å². The molecular weight excluding hydrogens is 382 g/mol. The first-order valence-corrected chi connectivity index (χ1v) is 10.0. The lowest BCUT2D eigenvalue weighted by molar-refractivity contribution is -0.135. The number of ketones is 2. The van der Waals surface area contributed by atoms with E-state index in [-0.39, 0.29) is 23.3 Å². The molecule has 0 aliphatic heterocycles. The largest absolute Gasteiger partial charge is 0.508 e. The SMILES string of the molecule is CC(=O)Cc1ccc(O)cc1.CCN(CC)CC(=O)Oc1ccc(CC(C)=O)cc1. The zero-order valence-corrected chi connectivity index (χ0v) is 18.2. The molecule has 2 aromatic rings. The maximum Gasteiger partial charge on any atom is 0.325 e. The van der Waals surface area contributed by atoms with Gasteiger partial charge in [-0.25, -0.2) is 0 Å². The smallest absolute Gasteiger partial charge is 0.325 e. The number of nitrogens with zero attached hydrogens (tertiary/aromatic N) is 1. The Hall–Kier alpha value is -2.99. The highest BCUT2D eigenvalue weighted by molar-refractivity contribution is 5.78. The zero-order valence-electron chi connectivity index (χ0n) is 18.2. The lowest BCUT2D eigenvalue weighted by Gasteiger charge is -2.16. The van der Waals surface area contributed by atoms with Gasteiger partial charge in [-0.3, -0.25) is 19.3 Å². The van der Waals surface area contributed by atoms with Gasteiger partial charge in [-0.15, -0.1) is 0 Å². The third kappa shape index (κ3) is 10.5. The van der Waals surface area contributed by atoms with E-state index >= 15 is 0 Å². The van der Waals surface area contributed by atoms with Crippen molar-refractivity contribution in [2.75, 3.05) is 19.6 Å². The number of hydrogen-bond acceptors (Lipinski definition) is 6. The van der Waals surface area contributed by atoms with Crippen LogP contribution in [0.3, 0.4) is 0 Å². The number of phenolic OH excluding ortho intramolecular Hbond substituents is 1. The second-order valence-corrected chi connectivity index (χ2v) is 7.00. The van der Waals surface area contributed by atoms with Crippen molar-refractivity contribution in [2.24, 2.45) is 0 Å². The molecule has 0 aliphatic rings. The average molecular weight is 414 g/mol. The second-order valence-electron chi connectivity index (χ2n) is 7.00. The molecule has 0 radical (unpaired) electrons. The topological polar surface area (TPSA) is 83.9 Å². The predicted octanol–water partition coefficient (Wildman–Crippen LogP) is 3.59. The van der Waals surface area contributed by atoms with Gasteiger partial charge in [0.05, 0.1) is 6.54 Å². The quantitative estimate of drug-likeness (QED) is 0.500. The van der Waals surface area contributed by atoms with Crippen molar-refractivity contribution in [3.8, 4) is 11.5 Å². The van der Waals surface area contributed by atoms with Gasteiger partial charge in [0, 0.05) is 12.8 Å². The Kier molecular flexibility index (Phi) is 11.1. The molecule has 2 rings (SSSR count). The summed E-state index contributed by atoms with van der Waals surface area (Å²) in [7, 11) is 0. The molecule has 2 aromatic carbocycles. The third-order valence-corrected chi connectivity index (χ3v) is 4.24. The molecular formula is C24H31NO5. The lowest BCUT2D eigenvalue weighted by Crippen LogP contribution is -2.31. The Morgan fingerprint density at radius 1 is 0.800 bits per heavy atom. The van der Waals surface area contributed by atoms with Gasteiger partial charge >= 0.3 is 5.97 Å². The van der Waals surface area contributed by atoms with Gasteiger partial charge in [0.1, 0.15) is 23.1 Å². The summed E-state index contributed by atoms with van der Waals surface area (Å²) in [6, 6.07) is 13.7. The molecule has 0 saturated carbocycles. The molecule has 0 fully saturated rings. The number of ether oxygens (including phenoxy) is 1. The number of benzene rings is 2. The van der Waals surface area contributed by atoms with Crippen molar-refractivity contribution in [1.29, 1.82) is 0 Å². The van der Waals surface area contributed by atoms with Gasteiger partial charge in [-0.05, 0) is 62.3 Å². The van der Waals surface area contributed by atoms with Crippen LogP contribution in [0.5, 0.6) is 11.5 Å². The minimum absolute atomic E-state index is 0.117. The minimum Gasteiger partial charge on any atom is -0.508 e. The zero-order chi connectivity index (χ0) is 22.5. The number of esters is 1. The van der Waals surface area contributed by atoms with Crippen LogP contribution in [0.15, 0.2) is 48.5 Å². The summed E-state index contributed by atoms with van der Waals surface area (Å²) in [5, 5.41) is 8.91. The first kappa shape index (κ1) is 25.0. The van der Waals surface area contributed by atoms with Gasteiger partial charge in [-0.2, -0.15) is 0 Å². The standard InChI is InChI=1S/C15H21NO3.C9H10O2/c1-4-16(5-2)11-15(18)19-14-8-6-13(7-9-14)10-12(3)17;1-7(10)6-8-2-4-9(11)5-3-8/h6-9H,4-5,10-11H2,1-3H3;2-5,11H,6H2,1H3. The molecule has 0 aromatic heterocycles. The summed E-state index contributed by atoms with van der Waals surface area (Å²) in [6.45, 7) is 9.06. The number of Topliss-reactive ketones (excluding diaryl/α,β-unsaturated/α-hetero) is 2. The Morgan fingerprint density at radius 3 is 1.63 bits per heavy atom. The van der Waals surface area contributed by atoms with Gasteiger partial charge in [0.2, 0.25) is 0 Å². The van der Waals surface area contributed by atoms with Crippen molar-refractivity contribution in [3.63, 3.8) is 0 Å². The summed E-state index contributed by atoms with van der Waals surface area (Å²) in [4.78, 5) is 35.3. The molecule has 0 bridgehead atoms. The lowest BCUT2D eigenvalue weighted by atomic mass is 10.1. The summed E-state index contributed by atoms with van der Waals surface area (Å²) in [5.41, 5.74) is 1.87. The van der Waals surface area contributed by atoms with E-state index in [1.807, 2.05) is 18.7 Å². The van der Waals surface area contributed by atoms with E-state index in [1.54, 1.807) is 62.4 Å². The molecule has 0 atom stereocenters. The normalized spacial score (nSPS) is 10.2. The Morgan fingerprint density at radius 2 is 1.23 bits per heavy atom. The van der Waals surface area contributed by atoms with Crippen LogP contribution in [-0.4, -0.2) is 47.2 Å². The highest BCUT2D eigenvalue weighted by Crippen LogP contribution is 2.13. The number of carbonyl (C=O) groups is 3. The van der Waals surface area contributed by atoms with Crippen LogP contribution in [0.2, 0.25) is 0 Å². The molecule has 0 amide bonds. The van der Waals surface area contributed by atoms with E-state index in [0.717, 1.165) is 24.2 Å². The van der Waals surface area contributed by atoms with Crippen LogP contribution in [0, 0.1) is 0 Å². The predicted molar refractivity (Wildman–Crippen MR) is 117 cm³/mol. The van der Waals surface area contributed by atoms with Gasteiger partial charge in [0.15, 0.2) is 0 Å². The number of rotatable bonds is 9. The molecule has 0 spiro atoms. The molecule has 0 unspecified atom stereocenters. The van der Waals surface area contributed by atoms with Crippen LogP contribution in [-0.2, 0) is 27.2 Å². The molecule has 0 saturated heterocycles. The fourth-order valence-corrected chi connectivity index (χ4v) is 2.66. The average Bonchev–Trinajstić information content (AvgIpc) is 2.69. The highest BCUT2D eigenvalue weighted by atomic mass is 16.5. The Balaban J connectivity index is 0.000000346. The van der Waals surface area contributed by atoms with Crippen LogP contribution < -0.4 is 4.74 Å². The van der Waals surface area contributed by atoms with Gasteiger partial charge in [0.25, 0.3) is 0 Å². The van der Waals surface area contributed by atoms with Crippen molar-refractivity contribution < 1.29 is 24.2 Å². The summed E-state index contributed by atoms with van der Waals surface area (Å²) < 4.78 is 5.24. The maximum absolute atomic E-state index is 11.7. The minimum atomic E-state index is -0.261. The van der Waals surface area contributed by atoms with Crippen molar-refractivity contribution in [3.05, 3.63) is 59.7 Å². The second kappa shape index (κ2) is 13.3. The van der Waals surface area contributed by atoms with E-state index in [0.29, 0.717) is 25.1 Å². The van der Waals surface area contributed by atoms with Gasteiger partial charge < -0.3 is 9.84 Å². The Bertz CT molecular complexity index is 808. The van der Waals surface area contributed by atoms with E-state index < -0.39 is 0 Å². The van der Waals surface area contributed by atoms with E-state index in [9.17, 15) is 14.4 Å². The van der Waals surface area contributed by atoms with Crippen LogP contribution >= 0.6 is 0 Å². The first-order valence-electron chi connectivity index (χ1n) is 10.0. The molecule has 0 heterocycles. The number of carbonyl (C=O) groups excluding carboxylic acids is 3. The maximum atomic E-state index is 11.7. The molecule has 6 nitrogen and oxygen atoms in total. The van der Waals surface area contributed by atoms with Crippen molar-refractivity contribution >= 4 is 17.5 Å². The molecule has 30 heavy (non-hydrogen) atoms. The fraction of sp³-hybridized carbons (Fsp3) is 0.375. The molecule has 162 valence electrons. The number of aromatic hydroxyl groups is 1. The van der Waals surface area contributed by atoms with Crippen molar-refractivity contribution in [2.45, 2.75) is 40.5 Å². The van der Waals surface area contributed by atoms with E-state index in [2.05, 4.69) is 0 Å². The highest BCUT2D eigenvalue weighted by Gasteiger charge is 2.09. The van der Waals surface area contributed by atoms with E-state index in [4.69, 9.17) is 9.84 Å². The van der Waals surface area contributed by atoms with Gasteiger partial charge in [-0.1, -0.05) is 38.1 Å². The Labute approximate surface area is 178 Å². The summed E-state index contributed by atoms with van der Waals surface area (Å²) in [5.74, 6) is 0.742. The van der Waals surface area contributed by atoms with Crippen LogP contribution in [0.4, 0.5) is 0 Å². The third-order valence-electron chi connectivity index (χ3n) is 4.24. The van der Waals surface area contributed by atoms with Crippen LogP contribution in [0.1, 0.15) is 38.8 Å². The fourth-order valence-electron chi connectivity index (χ4n) is 2.66. The first-order chi connectivity index (χ1) is 14.2. The number of likely N-dealkylation sites (N-methyl/N-ethyl adjacent to an activating group) is 1. The molecule has 6 heteroatoms. The van der Waals surface area contributed by atoms with Crippen molar-refractivity contribution in [1.82, 2.24) is 4.90 Å². The number of phenols is 1. The monoisotopic (exact) mass is 413 g/mol. The number of hydrogen-bond donors (Lipinski definition) is 1. The summed E-state index contributed by atoms with van der Waals surface area (Å²) in [6.07, 6.45) is 0.855. The summed E-state index contributed by atoms with van der Waals surface area (Å²) >= 11 is 0. The van der Waals surface area contributed by atoms with E-state index in [1.165, 1.54) is 0 Å². The molecule has 0 aliphatic carbocycles. The molecule has 1 N–H and O–H groups in total.